The molecule has 0 saturated heterocycles. The van der Waals surface area contributed by atoms with Gasteiger partial charge in [0.25, 0.3) is 0 Å². The molecule has 0 aliphatic carbocycles. The van der Waals surface area contributed by atoms with Crippen LogP contribution in [0.4, 0.5) is 13.2 Å². The molecule has 84 valence electrons. The molecule has 0 spiro atoms. The molecule has 0 aromatic heterocycles. The van der Waals surface area contributed by atoms with Gasteiger partial charge in [-0.2, -0.15) is 13.2 Å². The Morgan fingerprint density at radius 1 is 1.27 bits per heavy atom. The second kappa shape index (κ2) is 4.37. The van der Waals surface area contributed by atoms with Crippen molar-refractivity contribution >= 4 is 12.7 Å². The van der Waals surface area contributed by atoms with Crippen molar-refractivity contribution in [3.8, 4) is 0 Å². The van der Waals surface area contributed by atoms with E-state index in [4.69, 9.17) is 0 Å². The molecule has 0 N–H and O–H groups in total. The average molecular weight is 238 g/mol. The summed E-state index contributed by atoms with van der Waals surface area (Å²) in [5, 5.41) is 0.0878. The Kier molecular flexibility index (Phi) is 3.58. The van der Waals surface area contributed by atoms with Crippen LogP contribution in [0.25, 0.3) is 0 Å². The van der Waals surface area contributed by atoms with E-state index in [1.165, 1.54) is 24.3 Å². The average Bonchev–Trinajstić information content (AvgIpc) is 2.16. The first-order valence-electron chi connectivity index (χ1n) is 4.14. The van der Waals surface area contributed by atoms with Crippen molar-refractivity contribution < 1.29 is 22.3 Å². The van der Waals surface area contributed by atoms with Crippen LogP contribution in [0, 0.1) is 0 Å². The standard InChI is InChI=1S/C9H10F3O2P/c1-14-15(13,7-9(10,11)12)8-5-3-2-4-6-8/h2-6H,7H2,1H3. The Hall–Kier alpha value is -0.800. The van der Waals surface area contributed by atoms with E-state index >= 15 is 0 Å². The first kappa shape index (κ1) is 12.3. The van der Waals surface area contributed by atoms with Gasteiger partial charge in [0.15, 0.2) is 0 Å². The van der Waals surface area contributed by atoms with E-state index in [0.29, 0.717) is 0 Å². The van der Waals surface area contributed by atoms with Gasteiger partial charge in [0, 0.05) is 12.4 Å². The molecule has 0 bridgehead atoms. The highest BCUT2D eigenvalue weighted by molar-refractivity contribution is 7.67. The zero-order chi connectivity index (χ0) is 11.5. The molecule has 1 aromatic carbocycles. The smallest absolute Gasteiger partial charge is 0.328 e. The van der Waals surface area contributed by atoms with Crippen molar-refractivity contribution in [2.24, 2.45) is 0 Å². The monoisotopic (exact) mass is 238 g/mol. The molecular weight excluding hydrogens is 228 g/mol. The molecule has 0 aliphatic rings. The lowest BCUT2D eigenvalue weighted by Gasteiger charge is -2.17. The fraction of sp³-hybridized carbons (Fsp3) is 0.333. The van der Waals surface area contributed by atoms with Gasteiger partial charge in [-0.15, -0.1) is 0 Å². The maximum absolute atomic E-state index is 12.2. The largest absolute Gasteiger partial charge is 0.398 e. The number of alkyl halides is 3. The van der Waals surface area contributed by atoms with E-state index in [9.17, 15) is 17.7 Å². The molecule has 6 heteroatoms. The summed E-state index contributed by atoms with van der Waals surface area (Å²) in [7, 11) is -2.77. The summed E-state index contributed by atoms with van der Waals surface area (Å²) in [6, 6.07) is 7.43. The molecule has 0 aliphatic heterocycles. The minimum absolute atomic E-state index is 0.0878. The number of halogens is 3. The Morgan fingerprint density at radius 2 is 1.80 bits per heavy atom. The number of rotatable bonds is 3. The maximum Gasteiger partial charge on any atom is 0.398 e. The first-order valence-corrected chi connectivity index (χ1v) is 5.95. The highest BCUT2D eigenvalue weighted by Gasteiger charge is 2.40. The predicted octanol–water partition coefficient (Wildman–Crippen LogP) is 2.80. The van der Waals surface area contributed by atoms with Gasteiger partial charge >= 0.3 is 6.18 Å². The fourth-order valence-corrected chi connectivity index (χ4v) is 2.77. The van der Waals surface area contributed by atoms with Gasteiger partial charge in [-0.1, -0.05) is 18.2 Å². The summed E-state index contributed by atoms with van der Waals surface area (Å²) >= 11 is 0. The van der Waals surface area contributed by atoms with Gasteiger partial charge in [0.2, 0.25) is 7.37 Å². The van der Waals surface area contributed by atoms with Crippen molar-refractivity contribution in [3.63, 3.8) is 0 Å². The zero-order valence-electron chi connectivity index (χ0n) is 7.99. The van der Waals surface area contributed by atoms with Gasteiger partial charge in [-0.25, -0.2) is 0 Å². The Bertz CT molecular complexity index is 361. The second-order valence-corrected chi connectivity index (χ2v) is 5.51. The molecule has 0 saturated carbocycles. The van der Waals surface area contributed by atoms with Crippen molar-refractivity contribution in [2.45, 2.75) is 6.18 Å². The summed E-state index contributed by atoms with van der Waals surface area (Å²) in [5.41, 5.74) is 0. The van der Waals surface area contributed by atoms with Crippen LogP contribution in [-0.4, -0.2) is 19.4 Å². The fourth-order valence-electron chi connectivity index (χ4n) is 1.15. The van der Waals surface area contributed by atoms with Crippen LogP contribution < -0.4 is 5.30 Å². The third-order valence-corrected chi connectivity index (χ3v) is 4.28. The van der Waals surface area contributed by atoms with Crippen molar-refractivity contribution in [2.75, 3.05) is 13.3 Å². The van der Waals surface area contributed by atoms with E-state index in [1.54, 1.807) is 6.07 Å². The molecule has 0 radical (unpaired) electrons. The number of benzene rings is 1. The van der Waals surface area contributed by atoms with Gasteiger partial charge < -0.3 is 4.52 Å². The SMILES string of the molecule is COP(=O)(CC(F)(F)F)c1ccccc1. The van der Waals surface area contributed by atoms with Crippen LogP contribution >= 0.6 is 7.37 Å². The van der Waals surface area contributed by atoms with E-state index in [1.807, 2.05) is 0 Å². The minimum Gasteiger partial charge on any atom is -0.328 e. The molecule has 0 fully saturated rings. The molecule has 0 heterocycles. The lowest BCUT2D eigenvalue weighted by molar-refractivity contribution is -0.107. The normalized spacial score (nSPS) is 16.0. The Morgan fingerprint density at radius 3 is 2.20 bits per heavy atom. The molecule has 0 amide bonds. The van der Waals surface area contributed by atoms with Crippen LogP contribution in [0.15, 0.2) is 30.3 Å². The molecule has 1 aromatic rings. The lowest BCUT2D eigenvalue weighted by atomic mass is 10.4. The van der Waals surface area contributed by atoms with Gasteiger partial charge in [0.05, 0.1) is 0 Å². The van der Waals surface area contributed by atoms with Crippen molar-refractivity contribution in [1.82, 2.24) is 0 Å². The highest BCUT2D eigenvalue weighted by atomic mass is 31.2. The zero-order valence-corrected chi connectivity index (χ0v) is 8.89. The van der Waals surface area contributed by atoms with Gasteiger partial charge in [-0.3, -0.25) is 4.57 Å². The Balaban J connectivity index is 3.02. The third kappa shape index (κ3) is 3.36. The van der Waals surface area contributed by atoms with E-state index in [0.717, 1.165) is 7.11 Å². The maximum atomic E-state index is 12.2. The van der Waals surface area contributed by atoms with Crippen LogP contribution in [0.1, 0.15) is 0 Å². The minimum atomic E-state index is -4.50. The number of hydrogen-bond donors (Lipinski definition) is 0. The predicted molar refractivity (Wildman–Crippen MR) is 51.6 cm³/mol. The van der Waals surface area contributed by atoms with Crippen LogP contribution in [0.5, 0.6) is 0 Å². The van der Waals surface area contributed by atoms with Crippen LogP contribution in [0.3, 0.4) is 0 Å². The van der Waals surface area contributed by atoms with E-state index in [2.05, 4.69) is 4.52 Å². The molecule has 15 heavy (non-hydrogen) atoms. The summed E-state index contributed by atoms with van der Waals surface area (Å²) in [4.78, 5) is 0. The second-order valence-electron chi connectivity index (χ2n) is 2.96. The summed E-state index contributed by atoms with van der Waals surface area (Å²) < 4.78 is 52.9. The lowest BCUT2D eigenvalue weighted by Crippen LogP contribution is -2.20. The van der Waals surface area contributed by atoms with Gasteiger partial charge in [-0.05, 0) is 12.1 Å². The Labute approximate surface area is 85.5 Å². The molecule has 1 atom stereocenters. The molecule has 1 unspecified atom stereocenters. The van der Waals surface area contributed by atoms with E-state index < -0.39 is 19.7 Å². The molecule has 2 nitrogen and oxygen atoms in total. The summed E-state index contributed by atoms with van der Waals surface area (Å²) in [6.45, 7) is 0. The summed E-state index contributed by atoms with van der Waals surface area (Å²) in [6.07, 6.45) is -5.93. The third-order valence-electron chi connectivity index (χ3n) is 1.83. The quantitative estimate of drug-likeness (QED) is 0.757. The molecule has 1 rings (SSSR count). The first-order chi connectivity index (χ1) is 6.87. The topological polar surface area (TPSA) is 26.3 Å². The van der Waals surface area contributed by atoms with Crippen molar-refractivity contribution in [1.29, 1.82) is 0 Å². The van der Waals surface area contributed by atoms with Crippen LogP contribution in [-0.2, 0) is 9.09 Å². The van der Waals surface area contributed by atoms with E-state index in [-0.39, 0.29) is 5.30 Å². The van der Waals surface area contributed by atoms with Gasteiger partial charge in [0.1, 0.15) is 6.16 Å². The number of hydrogen-bond acceptors (Lipinski definition) is 2. The van der Waals surface area contributed by atoms with Crippen LogP contribution in [0.2, 0.25) is 0 Å². The van der Waals surface area contributed by atoms with Crippen molar-refractivity contribution in [3.05, 3.63) is 30.3 Å². The summed E-state index contributed by atoms with van der Waals surface area (Å²) in [5.74, 6) is 0. The highest BCUT2D eigenvalue weighted by Crippen LogP contribution is 2.48. The molecular formula is C9H10F3O2P.